The highest BCUT2D eigenvalue weighted by molar-refractivity contribution is 6.23. The number of hydrogen-bond acceptors (Lipinski definition) is 4. The minimum atomic E-state index is -0.607. The van der Waals surface area contributed by atoms with Crippen LogP contribution in [0.1, 0.15) is 18.9 Å². The third kappa shape index (κ3) is 2.54. The van der Waals surface area contributed by atoms with Gasteiger partial charge in [0.2, 0.25) is 11.9 Å². The highest BCUT2D eigenvalue weighted by atomic mass is 16.2. The standard InChI is InChI=1S/C20H20N4O2/c1-3-23-17-11-7-5-9-14(17)21-20(23)22-15-12-18(25)24(19(15)26)16-10-6-4-8-13(16)2/h4-11,15H,3,12H2,1-2H3,(H,21,22). The van der Waals surface area contributed by atoms with E-state index in [0.29, 0.717) is 11.6 Å². The first kappa shape index (κ1) is 16.3. The first-order valence-corrected chi connectivity index (χ1v) is 8.74. The molecule has 2 heterocycles. The van der Waals surface area contributed by atoms with Crippen LogP contribution in [-0.2, 0) is 16.1 Å². The Kier molecular flexibility index (Phi) is 3.95. The fraction of sp³-hybridized carbons (Fsp3) is 0.250. The lowest BCUT2D eigenvalue weighted by atomic mass is 10.2. The van der Waals surface area contributed by atoms with Crippen molar-refractivity contribution in [3.05, 3.63) is 54.1 Å². The zero-order valence-electron chi connectivity index (χ0n) is 14.8. The van der Waals surface area contributed by atoms with E-state index in [1.54, 1.807) is 6.07 Å². The van der Waals surface area contributed by atoms with E-state index in [-0.39, 0.29) is 18.2 Å². The second kappa shape index (κ2) is 6.29. The van der Waals surface area contributed by atoms with Gasteiger partial charge in [-0.3, -0.25) is 9.59 Å². The molecule has 3 aromatic rings. The summed E-state index contributed by atoms with van der Waals surface area (Å²) < 4.78 is 2.02. The topological polar surface area (TPSA) is 67.2 Å². The molecule has 1 N–H and O–H groups in total. The number of rotatable bonds is 4. The van der Waals surface area contributed by atoms with Crippen LogP contribution in [0, 0.1) is 6.92 Å². The maximum absolute atomic E-state index is 12.9. The van der Waals surface area contributed by atoms with Crippen LogP contribution in [-0.4, -0.2) is 27.4 Å². The zero-order chi connectivity index (χ0) is 18.3. The maximum Gasteiger partial charge on any atom is 0.256 e. The molecule has 1 aliphatic rings. The molecule has 26 heavy (non-hydrogen) atoms. The molecule has 4 rings (SSSR count). The second-order valence-corrected chi connectivity index (χ2v) is 6.42. The van der Waals surface area contributed by atoms with Crippen molar-refractivity contribution in [3.63, 3.8) is 0 Å². The molecule has 1 unspecified atom stereocenters. The summed E-state index contributed by atoms with van der Waals surface area (Å²) in [5.74, 6) is 0.187. The molecule has 1 aliphatic heterocycles. The van der Waals surface area contributed by atoms with Gasteiger partial charge in [0, 0.05) is 6.54 Å². The number of carbonyl (C=O) groups is 2. The van der Waals surface area contributed by atoms with E-state index in [0.717, 1.165) is 23.1 Å². The minimum Gasteiger partial charge on any atom is -0.343 e. The van der Waals surface area contributed by atoms with Crippen molar-refractivity contribution >= 4 is 34.5 Å². The average Bonchev–Trinajstić information content (AvgIpc) is 3.12. The zero-order valence-corrected chi connectivity index (χ0v) is 14.8. The van der Waals surface area contributed by atoms with Crippen molar-refractivity contribution in [3.8, 4) is 0 Å². The van der Waals surface area contributed by atoms with E-state index in [1.165, 1.54) is 4.90 Å². The number of fused-ring (bicyclic) bond motifs is 1. The molecule has 0 bridgehead atoms. The molecule has 1 fully saturated rings. The molecule has 6 nitrogen and oxygen atoms in total. The number of anilines is 2. The number of nitrogens with zero attached hydrogens (tertiary/aromatic N) is 3. The predicted molar refractivity (Wildman–Crippen MR) is 101 cm³/mol. The third-order valence-corrected chi connectivity index (χ3v) is 4.78. The molecule has 1 aromatic heterocycles. The van der Waals surface area contributed by atoms with E-state index in [9.17, 15) is 9.59 Å². The van der Waals surface area contributed by atoms with Crippen molar-refractivity contribution in [2.75, 3.05) is 10.2 Å². The number of hydrogen-bond donors (Lipinski definition) is 1. The van der Waals surface area contributed by atoms with Gasteiger partial charge in [-0.15, -0.1) is 0 Å². The van der Waals surface area contributed by atoms with Gasteiger partial charge in [-0.05, 0) is 37.6 Å². The number of aromatic nitrogens is 2. The lowest BCUT2D eigenvalue weighted by molar-refractivity contribution is -0.121. The Hall–Kier alpha value is -3.15. The molecule has 6 heteroatoms. The Morgan fingerprint density at radius 3 is 2.62 bits per heavy atom. The van der Waals surface area contributed by atoms with E-state index >= 15 is 0 Å². The minimum absolute atomic E-state index is 0.125. The molecule has 0 aliphatic carbocycles. The number of aryl methyl sites for hydroxylation is 2. The van der Waals surface area contributed by atoms with Crippen molar-refractivity contribution in [1.29, 1.82) is 0 Å². The normalized spacial score (nSPS) is 17.3. The first-order valence-electron chi connectivity index (χ1n) is 8.74. The lowest BCUT2D eigenvalue weighted by Crippen LogP contribution is -2.35. The number of para-hydroxylation sites is 3. The van der Waals surface area contributed by atoms with Crippen molar-refractivity contribution in [2.24, 2.45) is 0 Å². The summed E-state index contributed by atoms with van der Waals surface area (Å²) in [6.07, 6.45) is 0.125. The molecule has 2 amide bonds. The Labute approximate surface area is 151 Å². The summed E-state index contributed by atoms with van der Waals surface area (Å²) >= 11 is 0. The predicted octanol–water partition coefficient (Wildman–Crippen LogP) is 3.11. The fourth-order valence-corrected chi connectivity index (χ4v) is 3.47. The first-order chi connectivity index (χ1) is 12.6. The van der Waals surface area contributed by atoms with Crippen molar-refractivity contribution in [1.82, 2.24) is 9.55 Å². The lowest BCUT2D eigenvalue weighted by Gasteiger charge is -2.18. The van der Waals surface area contributed by atoms with Gasteiger partial charge in [0.15, 0.2) is 0 Å². The van der Waals surface area contributed by atoms with Gasteiger partial charge < -0.3 is 9.88 Å². The van der Waals surface area contributed by atoms with Gasteiger partial charge in [-0.2, -0.15) is 0 Å². The van der Waals surface area contributed by atoms with Crippen LogP contribution >= 0.6 is 0 Å². The van der Waals surface area contributed by atoms with Crippen LogP contribution in [0.25, 0.3) is 11.0 Å². The fourth-order valence-electron chi connectivity index (χ4n) is 3.47. The number of imide groups is 1. The van der Waals surface area contributed by atoms with Crippen LogP contribution < -0.4 is 10.2 Å². The average molecular weight is 348 g/mol. The highest BCUT2D eigenvalue weighted by Gasteiger charge is 2.40. The number of carbonyl (C=O) groups excluding carboxylic acids is 2. The van der Waals surface area contributed by atoms with E-state index in [2.05, 4.69) is 10.3 Å². The van der Waals surface area contributed by atoms with Crippen LogP contribution in [0.4, 0.5) is 11.6 Å². The Morgan fingerprint density at radius 2 is 1.85 bits per heavy atom. The molecule has 1 atom stereocenters. The van der Waals surface area contributed by atoms with Crippen LogP contribution in [0.15, 0.2) is 48.5 Å². The molecule has 132 valence electrons. The van der Waals surface area contributed by atoms with Gasteiger partial charge in [-0.1, -0.05) is 30.3 Å². The summed E-state index contributed by atoms with van der Waals surface area (Å²) in [7, 11) is 0. The quantitative estimate of drug-likeness (QED) is 0.736. The number of imidazole rings is 1. The van der Waals surface area contributed by atoms with Gasteiger partial charge in [0.05, 0.1) is 23.1 Å². The summed E-state index contributed by atoms with van der Waals surface area (Å²) in [6, 6.07) is 14.6. The highest BCUT2D eigenvalue weighted by Crippen LogP contribution is 2.28. The van der Waals surface area contributed by atoms with Crippen molar-refractivity contribution in [2.45, 2.75) is 32.9 Å². The summed E-state index contributed by atoms with van der Waals surface area (Å²) in [5, 5.41) is 3.19. The van der Waals surface area contributed by atoms with Gasteiger partial charge in [0.25, 0.3) is 5.91 Å². The summed E-state index contributed by atoms with van der Waals surface area (Å²) in [6.45, 7) is 4.65. The van der Waals surface area contributed by atoms with Crippen molar-refractivity contribution < 1.29 is 9.59 Å². The summed E-state index contributed by atoms with van der Waals surface area (Å²) in [5.41, 5.74) is 3.42. The number of nitrogens with one attached hydrogen (secondary N) is 1. The SMILES string of the molecule is CCn1c(NC2CC(=O)N(c3ccccc3C)C2=O)nc2ccccc21. The van der Waals surface area contributed by atoms with Gasteiger partial charge in [0.1, 0.15) is 6.04 Å². The Balaban J connectivity index is 1.65. The van der Waals surface area contributed by atoms with E-state index in [1.807, 2.05) is 60.9 Å². The van der Waals surface area contributed by atoms with Crippen LogP contribution in [0.2, 0.25) is 0 Å². The monoisotopic (exact) mass is 348 g/mol. The molecular formula is C20H20N4O2. The molecule has 0 spiro atoms. The molecule has 1 saturated heterocycles. The Bertz CT molecular complexity index is 1010. The molecule has 0 saturated carbocycles. The number of amides is 2. The summed E-state index contributed by atoms with van der Waals surface area (Å²) in [4.78, 5) is 31.3. The molecule has 0 radical (unpaired) electrons. The third-order valence-electron chi connectivity index (χ3n) is 4.78. The van der Waals surface area contributed by atoms with E-state index in [4.69, 9.17) is 0 Å². The van der Waals surface area contributed by atoms with E-state index < -0.39 is 6.04 Å². The van der Waals surface area contributed by atoms with Gasteiger partial charge >= 0.3 is 0 Å². The largest absolute Gasteiger partial charge is 0.343 e. The smallest absolute Gasteiger partial charge is 0.256 e. The molecule has 2 aromatic carbocycles. The molecular weight excluding hydrogens is 328 g/mol. The second-order valence-electron chi connectivity index (χ2n) is 6.42. The van der Waals surface area contributed by atoms with Gasteiger partial charge in [-0.25, -0.2) is 9.88 Å². The van der Waals surface area contributed by atoms with Crippen LogP contribution in [0.3, 0.4) is 0 Å². The van der Waals surface area contributed by atoms with Crippen LogP contribution in [0.5, 0.6) is 0 Å². The maximum atomic E-state index is 12.9. The Morgan fingerprint density at radius 1 is 1.12 bits per heavy atom. The number of benzene rings is 2.